The maximum absolute atomic E-state index is 13.2. The van der Waals surface area contributed by atoms with Crippen LogP contribution in [-0.2, 0) is 14.6 Å². The average Bonchev–Trinajstić information content (AvgIpc) is 2.72. The van der Waals surface area contributed by atoms with E-state index in [1.54, 1.807) is 49.5 Å². The Bertz CT molecular complexity index is 940. The first-order valence-corrected chi connectivity index (χ1v) is 11.2. The summed E-state index contributed by atoms with van der Waals surface area (Å²) in [5, 5.41) is 3.15. The molecule has 0 radical (unpaired) electrons. The number of nitrogens with zero attached hydrogens (tertiary/aromatic N) is 2. The average molecular weight is 547 g/mol. The molecular formula is C21H27FIN3O3S. The van der Waals surface area contributed by atoms with Gasteiger partial charge in [-0.05, 0) is 36.8 Å². The van der Waals surface area contributed by atoms with Gasteiger partial charge in [0.05, 0.1) is 23.3 Å². The minimum absolute atomic E-state index is 0. The van der Waals surface area contributed by atoms with Gasteiger partial charge in [0.1, 0.15) is 11.9 Å². The fourth-order valence-electron chi connectivity index (χ4n) is 3.36. The number of guanidine groups is 1. The van der Waals surface area contributed by atoms with Crippen molar-refractivity contribution in [2.45, 2.75) is 24.0 Å². The van der Waals surface area contributed by atoms with Crippen LogP contribution in [0.25, 0.3) is 0 Å². The molecule has 1 fully saturated rings. The van der Waals surface area contributed by atoms with Crippen LogP contribution < -0.4 is 5.32 Å². The van der Waals surface area contributed by atoms with Crippen molar-refractivity contribution < 1.29 is 17.5 Å². The molecule has 1 aliphatic rings. The molecule has 0 aliphatic carbocycles. The number of benzene rings is 2. The summed E-state index contributed by atoms with van der Waals surface area (Å²) in [7, 11) is -1.69. The molecule has 1 heterocycles. The van der Waals surface area contributed by atoms with Crippen molar-refractivity contribution in [3.8, 4) is 0 Å². The Labute approximate surface area is 194 Å². The van der Waals surface area contributed by atoms with Gasteiger partial charge in [-0.3, -0.25) is 4.99 Å². The van der Waals surface area contributed by atoms with Crippen molar-refractivity contribution in [1.82, 2.24) is 10.2 Å². The Kier molecular flexibility index (Phi) is 9.05. The number of hydrogen-bond acceptors (Lipinski definition) is 4. The predicted octanol–water partition coefficient (Wildman–Crippen LogP) is 3.25. The molecule has 9 heteroatoms. The molecule has 2 aromatic rings. The molecule has 0 aromatic heterocycles. The zero-order valence-corrected chi connectivity index (χ0v) is 20.1. The molecule has 3 rings (SSSR count). The Balaban J connectivity index is 0.00000320. The van der Waals surface area contributed by atoms with Crippen LogP contribution in [0.3, 0.4) is 0 Å². The zero-order valence-electron chi connectivity index (χ0n) is 17.0. The summed E-state index contributed by atoms with van der Waals surface area (Å²) in [4.78, 5) is 6.65. The van der Waals surface area contributed by atoms with Crippen LogP contribution in [0.2, 0.25) is 0 Å². The second-order valence-corrected chi connectivity index (χ2v) is 9.11. The second-order valence-electron chi connectivity index (χ2n) is 7.00. The first-order chi connectivity index (χ1) is 13.9. The standard InChI is InChI=1S/C21H26FN3O3S.HI/c1-16-14-25(15-20(28-16)17-8-10-18(22)11-9-17)21(23-2)24-12-13-29(26,27)19-6-4-3-5-7-19;/h3-11,16,20H,12-15H2,1-2H3,(H,23,24);1H. The van der Waals surface area contributed by atoms with Gasteiger partial charge in [0, 0.05) is 20.1 Å². The summed E-state index contributed by atoms with van der Waals surface area (Å²) in [5.74, 6) is 0.305. The van der Waals surface area contributed by atoms with Crippen LogP contribution in [-0.4, -0.2) is 57.8 Å². The highest BCUT2D eigenvalue weighted by molar-refractivity contribution is 14.0. The summed E-state index contributed by atoms with van der Waals surface area (Å²) in [6, 6.07) is 14.7. The van der Waals surface area contributed by atoms with E-state index in [0.717, 1.165) is 5.56 Å². The summed E-state index contributed by atoms with van der Waals surface area (Å²) >= 11 is 0. The van der Waals surface area contributed by atoms with Crippen LogP contribution in [0.15, 0.2) is 64.5 Å². The molecule has 2 unspecified atom stereocenters. The Morgan fingerprint density at radius 2 is 1.83 bits per heavy atom. The van der Waals surface area contributed by atoms with Gasteiger partial charge >= 0.3 is 0 Å². The largest absolute Gasteiger partial charge is 0.367 e. The maximum atomic E-state index is 13.2. The molecule has 0 amide bonds. The van der Waals surface area contributed by atoms with Crippen LogP contribution in [0.1, 0.15) is 18.6 Å². The number of nitrogens with one attached hydrogen (secondary N) is 1. The fraction of sp³-hybridized carbons (Fsp3) is 0.381. The number of morpholine rings is 1. The topological polar surface area (TPSA) is 71.0 Å². The Hall–Kier alpha value is -1.72. The van der Waals surface area contributed by atoms with Crippen molar-refractivity contribution in [3.63, 3.8) is 0 Å². The van der Waals surface area contributed by atoms with Gasteiger partial charge < -0.3 is 15.0 Å². The smallest absolute Gasteiger partial charge is 0.193 e. The third-order valence-electron chi connectivity index (χ3n) is 4.77. The number of ether oxygens (including phenoxy) is 1. The van der Waals surface area contributed by atoms with E-state index in [0.29, 0.717) is 23.9 Å². The zero-order chi connectivity index (χ0) is 20.9. The quantitative estimate of drug-likeness (QED) is 0.354. The molecule has 1 saturated heterocycles. The highest BCUT2D eigenvalue weighted by Crippen LogP contribution is 2.25. The summed E-state index contributed by atoms with van der Waals surface area (Å²) < 4.78 is 44.1. The van der Waals surface area contributed by atoms with Crippen molar-refractivity contribution >= 4 is 39.8 Å². The highest BCUT2D eigenvalue weighted by Gasteiger charge is 2.28. The van der Waals surface area contributed by atoms with E-state index in [2.05, 4.69) is 10.3 Å². The van der Waals surface area contributed by atoms with Gasteiger partial charge in [-0.1, -0.05) is 30.3 Å². The lowest BCUT2D eigenvalue weighted by molar-refractivity contribution is -0.0604. The monoisotopic (exact) mass is 547 g/mol. The van der Waals surface area contributed by atoms with E-state index in [-0.39, 0.29) is 54.3 Å². The number of aliphatic imine (C=N–C) groups is 1. The molecule has 0 spiro atoms. The van der Waals surface area contributed by atoms with Crippen LogP contribution in [0, 0.1) is 5.82 Å². The van der Waals surface area contributed by atoms with Crippen molar-refractivity contribution in [3.05, 3.63) is 66.0 Å². The van der Waals surface area contributed by atoms with Crippen molar-refractivity contribution in [2.24, 2.45) is 4.99 Å². The summed E-state index contributed by atoms with van der Waals surface area (Å²) in [5.41, 5.74) is 0.894. The molecule has 164 valence electrons. The summed E-state index contributed by atoms with van der Waals surface area (Å²) in [6.45, 7) is 3.39. The third kappa shape index (κ3) is 6.39. The van der Waals surface area contributed by atoms with Crippen LogP contribution in [0.5, 0.6) is 0 Å². The lowest BCUT2D eigenvalue weighted by Crippen LogP contribution is -2.51. The first-order valence-electron chi connectivity index (χ1n) is 9.53. The van der Waals surface area contributed by atoms with Gasteiger partial charge in [0.15, 0.2) is 15.8 Å². The first kappa shape index (κ1) is 24.5. The number of sulfone groups is 1. The van der Waals surface area contributed by atoms with E-state index in [9.17, 15) is 12.8 Å². The summed E-state index contributed by atoms with van der Waals surface area (Å²) in [6.07, 6.45) is -0.267. The van der Waals surface area contributed by atoms with Crippen molar-refractivity contribution in [1.29, 1.82) is 0 Å². The lowest BCUT2D eigenvalue weighted by atomic mass is 10.1. The molecule has 0 saturated carbocycles. The Morgan fingerprint density at radius 3 is 2.47 bits per heavy atom. The van der Waals surface area contributed by atoms with E-state index in [1.807, 2.05) is 11.8 Å². The van der Waals surface area contributed by atoms with E-state index in [4.69, 9.17) is 4.74 Å². The van der Waals surface area contributed by atoms with E-state index in [1.165, 1.54) is 12.1 Å². The molecule has 6 nitrogen and oxygen atoms in total. The molecule has 0 bridgehead atoms. The normalized spacial score (nSPS) is 19.8. The van der Waals surface area contributed by atoms with E-state index >= 15 is 0 Å². The fourth-order valence-corrected chi connectivity index (χ4v) is 4.54. The second kappa shape index (κ2) is 11.1. The molecule has 2 atom stereocenters. The SMILES string of the molecule is CN=C(NCCS(=O)(=O)c1ccccc1)N1CC(C)OC(c2ccc(F)cc2)C1.I. The van der Waals surface area contributed by atoms with E-state index < -0.39 is 9.84 Å². The molecule has 1 N–H and O–H groups in total. The number of halogens is 2. The number of rotatable bonds is 5. The molecule has 1 aliphatic heterocycles. The predicted molar refractivity (Wildman–Crippen MR) is 127 cm³/mol. The highest BCUT2D eigenvalue weighted by atomic mass is 127. The minimum Gasteiger partial charge on any atom is -0.367 e. The van der Waals surface area contributed by atoms with Gasteiger partial charge in [0.25, 0.3) is 0 Å². The van der Waals surface area contributed by atoms with Crippen LogP contribution >= 0.6 is 24.0 Å². The van der Waals surface area contributed by atoms with Gasteiger partial charge in [-0.25, -0.2) is 12.8 Å². The molecule has 2 aromatic carbocycles. The number of hydrogen-bond donors (Lipinski definition) is 1. The Morgan fingerprint density at radius 1 is 1.17 bits per heavy atom. The molecule has 30 heavy (non-hydrogen) atoms. The van der Waals surface area contributed by atoms with Gasteiger partial charge in [-0.2, -0.15) is 0 Å². The molecular weight excluding hydrogens is 520 g/mol. The lowest BCUT2D eigenvalue weighted by Gasteiger charge is -2.38. The van der Waals surface area contributed by atoms with Gasteiger partial charge in [0.2, 0.25) is 0 Å². The minimum atomic E-state index is -3.36. The van der Waals surface area contributed by atoms with Crippen molar-refractivity contribution in [2.75, 3.05) is 32.4 Å². The maximum Gasteiger partial charge on any atom is 0.193 e. The third-order valence-corrected chi connectivity index (χ3v) is 6.50. The van der Waals surface area contributed by atoms with Gasteiger partial charge in [-0.15, -0.1) is 24.0 Å². The van der Waals surface area contributed by atoms with Crippen LogP contribution in [0.4, 0.5) is 4.39 Å².